The molecule has 0 bridgehead atoms. The van der Waals surface area contributed by atoms with Crippen LogP contribution in [0.2, 0.25) is 0 Å². The van der Waals surface area contributed by atoms with Crippen molar-refractivity contribution >= 4 is 11.9 Å². The lowest BCUT2D eigenvalue weighted by molar-refractivity contribution is -0.143. The largest absolute Gasteiger partial charge is 0.467 e. The fourth-order valence-electron chi connectivity index (χ4n) is 2.24. The molecule has 1 N–H and O–H groups in total. The molecule has 0 spiro atoms. The SMILES string of the molecule is COC(=O)[C@H](Cc1ccc(C(F)(F)F)cc1)NC(=O)c1ccc(F)cc1. The molecule has 0 unspecified atom stereocenters. The van der Waals surface area contributed by atoms with Crippen LogP contribution < -0.4 is 5.32 Å². The molecule has 8 heteroatoms. The van der Waals surface area contributed by atoms with E-state index in [2.05, 4.69) is 10.1 Å². The molecular weight excluding hydrogens is 354 g/mol. The van der Waals surface area contributed by atoms with Crippen LogP contribution in [0.1, 0.15) is 21.5 Å². The number of methoxy groups -OCH3 is 1. The molecule has 0 aliphatic rings. The number of nitrogens with one attached hydrogen (secondary N) is 1. The maximum absolute atomic E-state index is 12.9. The van der Waals surface area contributed by atoms with Gasteiger partial charge in [0.1, 0.15) is 11.9 Å². The first-order valence-corrected chi connectivity index (χ1v) is 7.51. The highest BCUT2D eigenvalue weighted by Crippen LogP contribution is 2.29. The van der Waals surface area contributed by atoms with Gasteiger partial charge in [-0.2, -0.15) is 13.2 Å². The van der Waals surface area contributed by atoms with Crippen molar-refractivity contribution in [2.75, 3.05) is 7.11 Å². The Labute approximate surface area is 146 Å². The summed E-state index contributed by atoms with van der Waals surface area (Å²) in [6, 6.07) is 7.82. The van der Waals surface area contributed by atoms with Crippen molar-refractivity contribution in [1.29, 1.82) is 0 Å². The molecule has 1 atom stereocenters. The van der Waals surface area contributed by atoms with E-state index in [9.17, 15) is 27.2 Å². The minimum atomic E-state index is -4.46. The van der Waals surface area contributed by atoms with Gasteiger partial charge in [-0.15, -0.1) is 0 Å². The lowest BCUT2D eigenvalue weighted by Gasteiger charge is -2.17. The van der Waals surface area contributed by atoms with Gasteiger partial charge in [0.2, 0.25) is 0 Å². The average molecular weight is 369 g/mol. The first kappa shape index (κ1) is 19.4. The first-order valence-electron chi connectivity index (χ1n) is 7.51. The molecule has 26 heavy (non-hydrogen) atoms. The summed E-state index contributed by atoms with van der Waals surface area (Å²) in [6.07, 6.45) is -4.52. The first-order chi connectivity index (χ1) is 12.2. The molecule has 0 fully saturated rings. The van der Waals surface area contributed by atoms with Crippen LogP contribution in [0.15, 0.2) is 48.5 Å². The van der Waals surface area contributed by atoms with E-state index in [0.717, 1.165) is 31.4 Å². The molecule has 0 saturated heterocycles. The number of rotatable bonds is 5. The summed E-state index contributed by atoms with van der Waals surface area (Å²) < 4.78 is 55.3. The molecule has 2 aromatic rings. The smallest absolute Gasteiger partial charge is 0.416 e. The summed E-state index contributed by atoms with van der Waals surface area (Å²) in [5.41, 5.74) is -0.272. The zero-order valence-corrected chi connectivity index (χ0v) is 13.6. The molecule has 0 aliphatic carbocycles. The topological polar surface area (TPSA) is 55.4 Å². The van der Waals surface area contributed by atoms with Crippen LogP contribution in [0.3, 0.4) is 0 Å². The van der Waals surface area contributed by atoms with Gasteiger partial charge in [0.15, 0.2) is 0 Å². The number of alkyl halides is 3. The predicted molar refractivity (Wildman–Crippen MR) is 84.8 cm³/mol. The summed E-state index contributed by atoms with van der Waals surface area (Å²) in [7, 11) is 1.13. The number of halogens is 4. The van der Waals surface area contributed by atoms with E-state index in [1.54, 1.807) is 0 Å². The van der Waals surface area contributed by atoms with Gasteiger partial charge in [0.25, 0.3) is 5.91 Å². The van der Waals surface area contributed by atoms with Crippen molar-refractivity contribution in [2.45, 2.75) is 18.6 Å². The maximum Gasteiger partial charge on any atom is 0.416 e. The Bertz CT molecular complexity index is 771. The predicted octanol–water partition coefficient (Wildman–Crippen LogP) is 3.36. The normalized spacial score (nSPS) is 12.3. The van der Waals surface area contributed by atoms with Crippen LogP contribution in [-0.4, -0.2) is 25.0 Å². The average Bonchev–Trinajstić information content (AvgIpc) is 2.60. The molecule has 1 amide bonds. The molecule has 2 aromatic carbocycles. The van der Waals surface area contributed by atoms with E-state index in [0.29, 0.717) is 5.56 Å². The summed E-state index contributed by atoms with van der Waals surface area (Å²) in [4.78, 5) is 24.1. The summed E-state index contributed by atoms with van der Waals surface area (Å²) in [6.45, 7) is 0. The number of benzene rings is 2. The molecular formula is C18H15F4NO3. The standard InChI is InChI=1S/C18H15F4NO3/c1-26-17(25)15(23-16(24)12-4-8-14(19)9-5-12)10-11-2-6-13(7-3-11)18(20,21)22/h2-9,15H,10H2,1H3,(H,23,24)/t15-/m0/s1. The zero-order chi connectivity index (χ0) is 19.3. The Morgan fingerprint density at radius 3 is 2.12 bits per heavy atom. The number of hydrogen-bond acceptors (Lipinski definition) is 3. The highest BCUT2D eigenvalue weighted by Gasteiger charge is 2.30. The van der Waals surface area contributed by atoms with Crippen LogP contribution in [0.4, 0.5) is 17.6 Å². The Morgan fingerprint density at radius 2 is 1.62 bits per heavy atom. The van der Waals surface area contributed by atoms with Crippen molar-refractivity contribution in [2.24, 2.45) is 0 Å². The second-order valence-electron chi connectivity index (χ2n) is 5.45. The summed E-state index contributed by atoms with van der Waals surface area (Å²) >= 11 is 0. The lowest BCUT2D eigenvalue weighted by Crippen LogP contribution is -2.43. The number of amides is 1. The molecule has 0 heterocycles. The van der Waals surface area contributed by atoms with E-state index in [1.807, 2.05) is 0 Å². The summed E-state index contributed by atoms with van der Waals surface area (Å²) in [5, 5.41) is 2.44. The second kappa shape index (κ2) is 7.99. The van der Waals surface area contributed by atoms with Gasteiger partial charge in [-0.1, -0.05) is 12.1 Å². The van der Waals surface area contributed by atoms with Crippen LogP contribution in [0, 0.1) is 5.82 Å². The minimum Gasteiger partial charge on any atom is -0.467 e. The number of carbonyl (C=O) groups is 2. The van der Waals surface area contributed by atoms with Gasteiger partial charge in [-0.25, -0.2) is 9.18 Å². The van der Waals surface area contributed by atoms with Crippen LogP contribution in [-0.2, 0) is 22.1 Å². The number of esters is 1. The van der Waals surface area contributed by atoms with Gasteiger partial charge in [0, 0.05) is 12.0 Å². The highest BCUT2D eigenvalue weighted by molar-refractivity contribution is 5.96. The van der Waals surface area contributed by atoms with Gasteiger partial charge in [-0.3, -0.25) is 4.79 Å². The quantitative estimate of drug-likeness (QED) is 0.650. The van der Waals surface area contributed by atoms with Crippen molar-refractivity contribution in [3.63, 3.8) is 0 Å². The van der Waals surface area contributed by atoms with Crippen molar-refractivity contribution in [3.05, 3.63) is 71.0 Å². The van der Waals surface area contributed by atoms with E-state index >= 15 is 0 Å². The van der Waals surface area contributed by atoms with E-state index in [1.165, 1.54) is 24.3 Å². The van der Waals surface area contributed by atoms with Gasteiger partial charge < -0.3 is 10.1 Å². The fraction of sp³-hybridized carbons (Fsp3) is 0.222. The van der Waals surface area contributed by atoms with Crippen LogP contribution in [0.5, 0.6) is 0 Å². The minimum absolute atomic E-state index is 0.0578. The molecule has 138 valence electrons. The van der Waals surface area contributed by atoms with Crippen LogP contribution in [0.25, 0.3) is 0 Å². The monoisotopic (exact) mass is 369 g/mol. The van der Waals surface area contributed by atoms with Crippen molar-refractivity contribution in [3.8, 4) is 0 Å². The molecule has 0 radical (unpaired) electrons. The van der Waals surface area contributed by atoms with Gasteiger partial charge in [-0.05, 0) is 42.0 Å². The lowest BCUT2D eigenvalue weighted by atomic mass is 10.0. The van der Waals surface area contributed by atoms with Crippen LogP contribution >= 0.6 is 0 Å². The Morgan fingerprint density at radius 1 is 1.04 bits per heavy atom. The van der Waals surface area contributed by atoms with Gasteiger partial charge in [0.05, 0.1) is 12.7 Å². The molecule has 0 aromatic heterocycles. The highest BCUT2D eigenvalue weighted by atomic mass is 19.4. The zero-order valence-electron chi connectivity index (χ0n) is 13.6. The Balaban J connectivity index is 2.13. The third kappa shape index (κ3) is 5.05. The van der Waals surface area contributed by atoms with E-state index in [-0.39, 0.29) is 12.0 Å². The summed E-state index contributed by atoms with van der Waals surface area (Å²) in [5.74, 6) is -1.90. The number of ether oxygens (including phenoxy) is 1. The van der Waals surface area contributed by atoms with Crippen molar-refractivity contribution in [1.82, 2.24) is 5.32 Å². The molecule has 4 nitrogen and oxygen atoms in total. The molecule has 0 saturated carbocycles. The molecule has 2 rings (SSSR count). The van der Waals surface area contributed by atoms with E-state index < -0.39 is 35.5 Å². The second-order valence-corrected chi connectivity index (χ2v) is 5.45. The third-order valence-corrected chi connectivity index (χ3v) is 3.62. The third-order valence-electron chi connectivity index (χ3n) is 3.62. The Kier molecular flexibility index (Phi) is 5.97. The van der Waals surface area contributed by atoms with E-state index in [4.69, 9.17) is 0 Å². The molecule has 0 aliphatic heterocycles. The van der Waals surface area contributed by atoms with Crippen molar-refractivity contribution < 1.29 is 31.9 Å². The Hall–Kier alpha value is -2.90. The fourth-order valence-corrected chi connectivity index (χ4v) is 2.24. The van der Waals surface area contributed by atoms with Gasteiger partial charge >= 0.3 is 12.1 Å². The maximum atomic E-state index is 12.9. The number of hydrogen-bond donors (Lipinski definition) is 1. The number of carbonyl (C=O) groups excluding carboxylic acids is 2.